The molecule has 0 bridgehead atoms. The largest absolute Gasteiger partial charge is 0.350 e. The van der Waals surface area contributed by atoms with E-state index < -0.39 is 0 Å². The molecule has 2 N–H and O–H groups in total. The number of amides is 1. The van der Waals surface area contributed by atoms with Crippen LogP contribution in [0.4, 0.5) is 10.2 Å². The highest BCUT2D eigenvalue weighted by Crippen LogP contribution is 2.22. The Morgan fingerprint density at radius 2 is 2.17 bits per heavy atom. The molecular weight excluding hydrogens is 387 g/mol. The van der Waals surface area contributed by atoms with Crippen molar-refractivity contribution in [2.24, 2.45) is 0 Å². The second-order valence-corrected chi connectivity index (χ2v) is 7.36. The highest BCUT2D eigenvalue weighted by atomic mass is 19.1. The highest BCUT2D eigenvalue weighted by Gasteiger charge is 2.25. The Morgan fingerprint density at radius 3 is 2.97 bits per heavy atom. The molecule has 0 saturated carbocycles. The third-order valence-electron chi connectivity index (χ3n) is 5.25. The first-order chi connectivity index (χ1) is 14.6. The van der Waals surface area contributed by atoms with Crippen molar-refractivity contribution >= 4 is 11.7 Å². The average Bonchev–Trinajstić information content (AvgIpc) is 3.29. The van der Waals surface area contributed by atoms with E-state index in [1.54, 1.807) is 24.4 Å². The van der Waals surface area contributed by atoms with Gasteiger partial charge < -0.3 is 10.2 Å². The minimum absolute atomic E-state index is 0.0715. The number of aromatic nitrogens is 4. The second kappa shape index (κ2) is 8.89. The summed E-state index contributed by atoms with van der Waals surface area (Å²) in [5.74, 6) is 0.146. The first-order valence-corrected chi connectivity index (χ1v) is 9.96. The van der Waals surface area contributed by atoms with E-state index in [-0.39, 0.29) is 29.9 Å². The molecule has 3 aromatic rings. The first kappa shape index (κ1) is 19.8. The molecule has 4 rings (SSSR count). The van der Waals surface area contributed by atoms with Crippen LogP contribution >= 0.6 is 0 Å². The maximum Gasteiger partial charge on any atom is 0.267 e. The van der Waals surface area contributed by atoms with Crippen LogP contribution in [-0.4, -0.2) is 45.0 Å². The molecule has 0 spiro atoms. The standard InChI is InChI=1S/C21H23FN6O2/c22-17-5-3-4-15(10-17)14-28-20(29)8-7-19(26-28)27-9-2-1-6-18(27)13-23-21(30)16-11-24-25-12-16/h3-5,7-8,10-12,18H,1-2,6,9,13-14H2,(H,23,30)(H,24,25). The highest BCUT2D eigenvalue weighted by molar-refractivity contribution is 5.93. The second-order valence-electron chi connectivity index (χ2n) is 7.36. The lowest BCUT2D eigenvalue weighted by atomic mass is 10.0. The summed E-state index contributed by atoms with van der Waals surface area (Å²) in [6.07, 6.45) is 6.02. The normalized spacial score (nSPS) is 16.4. The van der Waals surface area contributed by atoms with E-state index in [2.05, 4.69) is 25.5 Å². The lowest BCUT2D eigenvalue weighted by molar-refractivity contribution is 0.0949. The van der Waals surface area contributed by atoms with Crippen LogP contribution < -0.4 is 15.8 Å². The van der Waals surface area contributed by atoms with Gasteiger partial charge in [-0.05, 0) is 43.0 Å². The molecule has 1 aliphatic heterocycles. The Balaban J connectivity index is 1.50. The number of H-pyrrole nitrogens is 1. The van der Waals surface area contributed by atoms with Gasteiger partial charge in [-0.2, -0.15) is 10.2 Å². The molecule has 156 valence electrons. The third-order valence-corrected chi connectivity index (χ3v) is 5.25. The Hall–Kier alpha value is -3.49. The molecule has 0 radical (unpaired) electrons. The molecule has 9 heteroatoms. The van der Waals surface area contributed by atoms with Crippen LogP contribution in [0.15, 0.2) is 53.6 Å². The molecule has 1 amide bonds. The minimum atomic E-state index is -0.346. The van der Waals surface area contributed by atoms with Gasteiger partial charge in [0.05, 0.1) is 18.3 Å². The van der Waals surface area contributed by atoms with Gasteiger partial charge in [0.2, 0.25) is 0 Å². The average molecular weight is 410 g/mol. The fourth-order valence-electron chi connectivity index (χ4n) is 3.71. The van der Waals surface area contributed by atoms with Gasteiger partial charge in [0.1, 0.15) is 11.6 Å². The van der Waals surface area contributed by atoms with Gasteiger partial charge >= 0.3 is 0 Å². The number of hydrogen-bond donors (Lipinski definition) is 2. The van der Waals surface area contributed by atoms with Crippen molar-refractivity contribution in [1.29, 1.82) is 0 Å². The Labute approximate surface area is 172 Å². The van der Waals surface area contributed by atoms with Gasteiger partial charge in [0.25, 0.3) is 11.5 Å². The molecule has 1 fully saturated rings. The van der Waals surface area contributed by atoms with Crippen molar-refractivity contribution in [1.82, 2.24) is 25.3 Å². The molecular formula is C21H23FN6O2. The molecule has 1 aromatic carbocycles. The zero-order chi connectivity index (χ0) is 20.9. The van der Waals surface area contributed by atoms with E-state index in [4.69, 9.17) is 0 Å². The number of anilines is 1. The molecule has 1 unspecified atom stereocenters. The quantitative estimate of drug-likeness (QED) is 0.648. The topological polar surface area (TPSA) is 95.9 Å². The number of hydrogen-bond acceptors (Lipinski definition) is 5. The third kappa shape index (κ3) is 4.56. The molecule has 1 atom stereocenters. The summed E-state index contributed by atoms with van der Waals surface area (Å²) in [6, 6.07) is 9.41. The van der Waals surface area contributed by atoms with E-state index in [9.17, 15) is 14.0 Å². The summed E-state index contributed by atoms with van der Waals surface area (Å²) >= 11 is 0. The summed E-state index contributed by atoms with van der Waals surface area (Å²) in [6.45, 7) is 1.45. The maximum atomic E-state index is 13.5. The Morgan fingerprint density at radius 1 is 1.27 bits per heavy atom. The van der Waals surface area contributed by atoms with Crippen LogP contribution in [0.2, 0.25) is 0 Å². The Bertz CT molecular complexity index is 1070. The van der Waals surface area contributed by atoms with Gasteiger partial charge in [0.15, 0.2) is 0 Å². The number of rotatable bonds is 6. The number of piperidine rings is 1. The smallest absolute Gasteiger partial charge is 0.267 e. The molecule has 30 heavy (non-hydrogen) atoms. The number of nitrogens with zero attached hydrogens (tertiary/aromatic N) is 4. The van der Waals surface area contributed by atoms with Crippen molar-refractivity contribution < 1.29 is 9.18 Å². The predicted molar refractivity (Wildman–Crippen MR) is 110 cm³/mol. The number of carbonyl (C=O) groups is 1. The van der Waals surface area contributed by atoms with Crippen LogP contribution in [0, 0.1) is 5.82 Å². The fourth-order valence-corrected chi connectivity index (χ4v) is 3.71. The van der Waals surface area contributed by atoms with E-state index in [0.29, 0.717) is 23.5 Å². The molecule has 8 nitrogen and oxygen atoms in total. The van der Waals surface area contributed by atoms with Crippen LogP contribution in [-0.2, 0) is 6.54 Å². The lowest BCUT2D eigenvalue weighted by Gasteiger charge is -2.36. The molecule has 2 aromatic heterocycles. The maximum absolute atomic E-state index is 13.5. The van der Waals surface area contributed by atoms with Crippen molar-refractivity contribution in [3.05, 3.63) is 76.1 Å². The van der Waals surface area contributed by atoms with Crippen LogP contribution in [0.1, 0.15) is 35.2 Å². The van der Waals surface area contributed by atoms with E-state index in [0.717, 1.165) is 25.8 Å². The molecule has 1 saturated heterocycles. The summed E-state index contributed by atoms with van der Waals surface area (Å²) in [7, 11) is 0. The number of nitrogens with one attached hydrogen (secondary N) is 2. The monoisotopic (exact) mass is 410 g/mol. The summed E-state index contributed by atoms with van der Waals surface area (Å²) in [5.41, 5.74) is 0.910. The Kier molecular flexibility index (Phi) is 5.87. The van der Waals surface area contributed by atoms with Crippen molar-refractivity contribution in [3.63, 3.8) is 0 Å². The van der Waals surface area contributed by atoms with E-state index in [1.165, 1.54) is 29.1 Å². The SMILES string of the molecule is O=C(NCC1CCCCN1c1ccc(=O)n(Cc2cccc(F)c2)n1)c1cn[nH]c1. The summed E-state index contributed by atoms with van der Waals surface area (Å²) in [4.78, 5) is 26.7. The summed E-state index contributed by atoms with van der Waals surface area (Å²) in [5, 5.41) is 13.9. The van der Waals surface area contributed by atoms with Gasteiger partial charge in [-0.1, -0.05) is 12.1 Å². The number of aromatic amines is 1. The van der Waals surface area contributed by atoms with Gasteiger partial charge in [-0.25, -0.2) is 9.07 Å². The zero-order valence-electron chi connectivity index (χ0n) is 16.4. The molecule has 0 aliphatic carbocycles. The van der Waals surface area contributed by atoms with Gasteiger partial charge in [0, 0.05) is 31.4 Å². The number of halogens is 1. The van der Waals surface area contributed by atoms with Crippen LogP contribution in [0.25, 0.3) is 0 Å². The summed E-state index contributed by atoms with van der Waals surface area (Å²) < 4.78 is 14.8. The van der Waals surface area contributed by atoms with E-state index in [1.807, 2.05) is 0 Å². The molecule has 1 aliphatic rings. The van der Waals surface area contributed by atoms with Gasteiger partial charge in [-0.15, -0.1) is 0 Å². The number of benzene rings is 1. The van der Waals surface area contributed by atoms with Crippen molar-refractivity contribution in [2.75, 3.05) is 18.0 Å². The lowest BCUT2D eigenvalue weighted by Crippen LogP contribution is -2.47. The fraction of sp³-hybridized carbons (Fsp3) is 0.333. The first-order valence-electron chi connectivity index (χ1n) is 9.96. The molecule has 3 heterocycles. The minimum Gasteiger partial charge on any atom is -0.350 e. The van der Waals surface area contributed by atoms with E-state index >= 15 is 0 Å². The zero-order valence-corrected chi connectivity index (χ0v) is 16.4. The van der Waals surface area contributed by atoms with Crippen LogP contribution in [0.5, 0.6) is 0 Å². The predicted octanol–water partition coefficient (Wildman–Crippen LogP) is 1.94. The van der Waals surface area contributed by atoms with Crippen molar-refractivity contribution in [3.8, 4) is 0 Å². The van der Waals surface area contributed by atoms with Crippen molar-refractivity contribution in [2.45, 2.75) is 31.8 Å². The van der Waals surface area contributed by atoms with Crippen LogP contribution in [0.3, 0.4) is 0 Å². The van der Waals surface area contributed by atoms with Gasteiger partial charge in [-0.3, -0.25) is 14.7 Å². The number of carbonyl (C=O) groups excluding carboxylic acids is 1.